The number of halogens is 3. The fraction of sp³-hybridized carbons (Fsp3) is 0.500. The average molecular weight is 452 g/mol. The van der Waals surface area contributed by atoms with Crippen LogP contribution in [0.3, 0.4) is 0 Å². The third kappa shape index (κ3) is 6.81. The molecule has 0 radical (unpaired) electrons. The van der Waals surface area contributed by atoms with E-state index in [1.54, 1.807) is 0 Å². The fourth-order valence-corrected chi connectivity index (χ4v) is 4.06. The van der Waals surface area contributed by atoms with Gasteiger partial charge in [-0.2, -0.15) is 13.2 Å². The number of likely N-dealkylation sites (tertiary alicyclic amines) is 1. The minimum absolute atomic E-state index is 0.203. The molecule has 1 atom stereocenters. The summed E-state index contributed by atoms with van der Waals surface area (Å²) >= 11 is 0. The van der Waals surface area contributed by atoms with Crippen LogP contribution in [0.5, 0.6) is 0 Å². The quantitative estimate of drug-likeness (QED) is 0.772. The number of benzene rings is 1. The van der Waals surface area contributed by atoms with Crippen LogP contribution in [-0.4, -0.2) is 68.7 Å². The first kappa shape index (κ1) is 23.8. The summed E-state index contributed by atoms with van der Waals surface area (Å²) in [6.07, 6.45) is 1.91. The summed E-state index contributed by atoms with van der Waals surface area (Å²) in [4.78, 5) is 30.8. The fourth-order valence-electron chi connectivity index (χ4n) is 4.06. The van der Waals surface area contributed by atoms with E-state index in [0.29, 0.717) is 18.9 Å². The van der Waals surface area contributed by atoms with Crippen LogP contribution < -0.4 is 0 Å². The summed E-state index contributed by atoms with van der Waals surface area (Å²) < 4.78 is 34.0. The van der Waals surface area contributed by atoms with Crippen molar-refractivity contribution in [2.45, 2.75) is 38.5 Å². The number of carboxylic acid groups (broad SMARTS) is 1. The maximum atomic E-state index is 12.9. The number of carboxylic acids is 1. The van der Waals surface area contributed by atoms with Crippen LogP contribution in [0.1, 0.15) is 24.2 Å². The highest BCUT2D eigenvalue weighted by Gasteiger charge is 2.38. The van der Waals surface area contributed by atoms with Crippen LogP contribution in [0.4, 0.5) is 13.2 Å². The number of aromatic nitrogens is 2. The van der Waals surface area contributed by atoms with Crippen molar-refractivity contribution in [3.05, 3.63) is 54.1 Å². The van der Waals surface area contributed by atoms with Gasteiger partial charge in [-0.25, -0.2) is 9.78 Å². The van der Waals surface area contributed by atoms with Crippen LogP contribution in [0.25, 0.3) is 0 Å². The Hall–Kier alpha value is -2.88. The molecule has 0 saturated carbocycles. The van der Waals surface area contributed by atoms with Gasteiger partial charge in [0.15, 0.2) is 0 Å². The van der Waals surface area contributed by atoms with Gasteiger partial charge in [0.1, 0.15) is 5.82 Å². The zero-order valence-electron chi connectivity index (χ0n) is 17.7. The molecule has 0 aliphatic carbocycles. The molecule has 2 aliphatic rings. The first-order valence-corrected chi connectivity index (χ1v) is 10.6. The minimum Gasteiger partial charge on any atom is -0.475 e. The zero-order chi connectivity index (χ0) is 23.1. The standard InChI is InChI=1S/C20H26N4O.C2HF3O2/c25-20(12-17-6-2-1-3-7-17)24-15-18(13-22-9-4-5-10-22)14-23-11-8-21-19(23)16-24;3-2(4,5)1(6)7/h1-3,6-8,11,18H,4-5,9-10,12-16H2;(H,6,7). The third-order valence-corrected chi connectivity index (χ3v) is 5.58. The van der Waals surface area contributed by atoms with E-state index in [9.17, 15) is 18.0 Å². The third-order valence-electron chi connectivity index (χ3n) is 5.58. The maximum absolute atomic E-state index is 12.9. The van der Waals surface area contributed by atoms with Crippen molar-refractivity contribution < 1.29 is 27.9 Å². The Labute approximate surface area is 184 Å². The number of hydrogen-bond donors (Lipinski definition) is 1. The molecule has 2 aliphatic heterocycles. The first-order valence-electron chi connectivity index (χ1n) is 10.6. The maximum Gasteiger partial charge on any atom is 0.490 e. The van der Waals surface area contributed by atoms with E-state index in [-0.39, 0.29) is 5.91 Å². The average Bonchev–Trinajstić information content (AvgIpc) is 3.37. The van der Waals surface area contributed by atoms with Gasteiger partial charge in [0, 0.05) is 37.9 Å². The van der Waals surface area contributed by atoms with E-state index in [1.165, 1.54) is 25.9 Å². The van der Waals surface area contributed by atoms with Gasteiger partial charge >= 0.3 is 12.1 Å². The molecule has 1 aromatic carbocycles. The Morgan fingerprint density at radius 2 is 1.75 bits per heavy atom. The van der Waals surface area contributed by atoms with Crippen LogP contribution in [-0.2, 0) is 29.1 Å². The van der Waals surface area contributed by atoms with Gasteiger partial charge < -0.3 is 19.5 Å². The molecular weight excluding hydrogens is 425 g/mol. The molecule has 1 saturated heterocycles. The molecule has 4 rings (SSSR count). The molecule has 3 heterocycles. The first-order chi connectivity index (χ1) is 15.2. The molecular formula is C22H27F3N4O3. The molecule has 1 amide bonds. The van der Waals surface area contributed by atoms with Crippen molar-refractivity contribution in [1.82, 2.24) is 19.4 Å². The lowest BCUT2D eigenvalue weighted by atomic mass is 10.1. The van der Waals surface area contributed by atoms with Crippen molar-refractivity contribution in [2.75, 3.05) is 26.2 Å². The zero-order valence-corrected chi connectivity index (χ0v) is 17.7. The number of rotatable bonds is 4. The number of fused-ring (bicyclic) bond motifs is 1. The number of amides is 1. The van der Waals surface area contributed by atoms with Crippen LogP contribution >= 0.6 is 0 Å². The predicted molar refractivity (Wildman–Crippen MR) is 111 cm³/mol. The highest BCUT2D eigenvalue weighted by atomic mass is 19.4. The molecule has 10 heteroatoms. The van der Waals surface area contributed by atoms with Crippen molar-refractivity contribution in [3.8, 4) is 0 Å². The van der Waals surface area contributed by atoms with Crippen molar-refractivity contribution >= 4 is 11.9 Å². The Bertz CT molecular complexity index is 895. The monoisotopic (exact) mass is 452 g/mol. The van der Waals surface area contributed by atoms with Gasteiger partial charge in [0.05, 0.1) is 13.0 Å². The van der Waals surface area contributed by atoms with E-state index in [2.05, 4.69) is 20.6 Å². The number of nitrogens with zero attached hydrogens (tertiary/aromatic N) is 4. The Balaban J connectivity index is 0.000000360. The Morgan fingerprint density at radius 3 is 2.38 bits per heavy atom. The Kier molecular flexibility index (Phi) is 7.89. The summed E-state index contributed by atoms with van der Waals surface area (Å²) in [5.41, 5.74) is 1.08. The molecule has 0 spiro atoms. The highest BCUT2D eigenvalue weighted by Crippen LogP contribution is 2.19. The lowest BCUT2D eigenvalue weighted by Gasteiger charge is -2.27. The Morgan fingerprint density at radius 1 is 1.09 bits per heavy atom. The number of alkyl halides is 3. The highest BCUT2D eigenvalue weighted by molar-refractivity contribution is 5.78. The molecule has 1 aromatic heterocycles. The molecule has 1 unspecified atom stereocenters. The lowest BCUT2D eigenvalue weighted by molar-refractivity contribution is -0.192. The van der Waals surface area contributed by atoms with E-state index >= 15 is 0 Å². The van der Waals surface area contributed by atoms with Gasteiger partial charge in [-0.1, -0.05) is 30.3 Å². The molecule has 1 N–H and O–H groups in total. The summed E-state index contributed by atoms with van der Waals surface area (Å²) in [5, 5.41) is 7.12. The van der Waals surface area contributed by atoms with Crippen LogP contribution in [0, 0.1) is 5.92 Å². The number of carbonyl (C=O) groups excluding carboxylic acids is 1. The van der Waals surface area contributed by atoms with Gasteiger partial charge in [0.25, 0.3) is 0 Å². The summed E-state index contributed by atoms with van der Waals surface area (Å²) in [6.45, 7) is 5.88. The number of carbonyl (C=O) groups is 2. The molecule has 1 fully saturated rings. The smallest absolute Gasteiger partial charge is 0.475 e. The van der Waals surface area contributed by atoms with Gasteiger partial charge in [-0.15, -0.1) is 0 Å². The predicted octanol–water partition coefficient (Wildman–Crippen LogP) is 2.81. The lowest BCUT2D eigenvalue weighted by Crippen LogP contribution is -2.39. The number of hydrogen-bond acceptors (Lipinski definition) is 4. The SMILES string of the molecule is O=C(Cc1ccccc1)N1Cc2nccn2CC(CN2CCCC2)C1.O=C(O)C(F)(F)F. The molecule has 2 aromatic rings. The van der Waals surface area contributed by atoms with Gasteiger partial charge in [-0.3, -0.25) is 4.79 Å². The summed E-state index contributed by atoms with van der Waals surface area (Å²) in [5.74, 6) is -1.08. The minimum atomic E-state index is -5.08. The van der Waals surface area contributed by atoms with E-state index in [0.717, 1.165) is 31.0 Å². The second-order valence-electron chi connectivity index (χ2n) is 8.11. The largest absolute Gasteiger partial charge is 0.490 e. The number of aliphatic carboxylic acids is 1. The van der Waals surface area contributed by atoms with Gasteiger partial charge in [-0.05, 0) is 31.5 Å². The van der Waals surface area contributed by atoms with Gasteiger partial charge in [0.2, 0.25) is 5.91 Å². The molecule has 7 nitrogen and oxygen atoms in total. The van der Waals surface area contributed by atoms with Crippen molar-refractivity contribution in [3.63, 3.8) is 0 Å². The van der Waals surface area contributed by atoms with Crippen LogP contribution in [0.2, 0.25) is 0 Å². The molecule has 0 bridgehead atoms. The second kappa shape index (κ2) is 10.6. The van der Waals surface area contributed by atoms with Crippen LogP contribution in [0.15, 0.2) is 42.7 Å². The number of imidazole rings is 1. The second-order valence-corrected chi connectivity index (χ2v) is 8.11. The summed E-state index contributed by atoms with van der Waals surface area (Å²) in [7, 11) is 0. The van der Waals surface area contributed by atoms with Crippen molar-refractivity contribution in [2.24, 2.45) is 5.92 Å². The molecule has 32 heavy (non-hydrogen) atoms. The van der Waals surface area contributed by atoms with E-state index < -0.39 is 12.1 Å². The summed E-state index contributed by atoms with van der Waals surface area (Å²) in [6, 6.07) is 10.0. The topological polar surface area (TPSA) is 78.7 Å². The normalized spacial score (nSPS) is 19.0. The van der Waals surface area contributed by atoms with E-state index in [1.807, 2.05) is 41.4 Å². The van der Waals surface area contributed by atoms with E-state index in [4.69, 9.17) is 9.90 Å². The molecule has 174 valence electrons. The van der Waals surface area contributed by atoms with Crippen molar-refractivity contribution in [1.29, 1.82) is 0 Å².